The molecular formula is C16H26ClNO. The molecule has 0 aliphatic carbocycles. The van der Waals surface area contributed by atoms with Crippen LogP contribution < -0.4 is 10.1 Å². The molecule has 0 saturated heterocycles. The summed E-state index contributed by atoms with van der Waals surface area (Å²) in [5, 5.41) is 4.22. The lowest BCUT2D eigenvalue weighted by Crippen LogP contribution is -2.20. The van der Waals surface area contributed by atoms with Crippen molar-refractivity contribution in [2.24, 2.45) is 0 Å². The normalized spacial score (nSPS) is 12.4. The smallest absolute Gasteiger partial charge is 0.137 e. The maximum atomic E-state index is 6.08. The molecule has 1 unspecified atom stereocenters. The van der Waals surface area contributed by atoms with Gasteiger partial charge in [-0.15, -0.1) is 0 Å². The zero-order valence-electron chi connectivity index (χ0n) is 12.3. The van der Waals surface area contributed by atoms with Gasteiger partial charge in [-0.25, -0.2) is 0 Å². The molecule has 0 aromatic heterocycles. The zero-order valence-corrected chi connectivity index (χ0v) is 13.1. The fourth-order valence-corrected chi connectivity index (χ4v) is 2.50. The van der Waals surface area contributed by atoms with Gasteiger partial charge in [-0.3, -0.25) is 0 Å². The summed E-state index contributed by atoms with van der Waals surface area (Å²) in [5.74, 6) is 0.760. The summed E-state index contributed by atoms with van der Waals surface area (Å²) in [7, 11) is 1.66. The second-order valence-corrected chi connectivity index (χ2v) is 5.26. The van der Waals surface area contributed by atoms with E-state index in [9.17, 15) is 0 Å². The summed E-state index contributed by atoms with van der Waals surface area (Å²) < 4.78 is 5.30. The van der Waals surface area contributed by atoms with E-state index in [-0.39, 0.29) is 0 Å². The van der Waals surface area contributed by atoms with Gasteiger partial charge in [0.2, 0.25) is 0 Å². The Labute approximate surface area is 122 Å². The molecule has 0 radical (unpaired) electrons. The molecule has 0 bridgehead atoms. The quantitative estimate of drug-likeness (QED) is 0.646. The van der Waals surface area contributed by atoms with Crippen LogP contribution in [0.25, 0.3) is 0 Å². The van der Waals surface area contributed by atoms with E-state index in [4.69, 9.17) is 16.3 Å². The van der Waals surface area contributed by atoms with E-state index in [2.05, 4.69) is 31.3 Å². The fourth-order valence-electron chi connectivity index (χ4n) is 2.30. The van der Waals surface area contributed by atoms with Crippen molar-refractivity contribution in [2.75, 3.05) is 13.7 Å². The Morgan fingerprint density at radius 3 is 2.63 bits per heavy atom. The van der Waals surface area contributed by atoms with Gasteiger partial charge in [0.15, 0.2) is 0 Å². The lowest BCUT2D eigenvalue weighted by Gasteiger charge is -2.19. The highest BCUT2D eigenvalue weighted by Gasteiger charge is 2.12. The SMILES string of the molecule is CCCCCCC(NCC)c1ccc(Cl)c(OC)c1. The average molecular weight is 284 g/mol. The fraction of sp³-hybridized carbons (Fsp3) is 0.625. The topological polar surface area (TPSA) is 21.3 Å². The van der Waals surface area contributed by atoms with E-state index in [1.165, 1.54) is 37.7 Å². The highest BCUT2D eigenvalue weighted by molar-refractivity contribution is 6.32. The number of hydrogen-bond donors (Lipinski definition) is 1. The Morgan fingerprint density at radius 1 is 1.21 bits per heavy atom. The Hall–Kier alpha value is -0.730. The van der Waals surface area contributed by atoms with Crippen LogP contribution in [0.2, 0.25) is 5.02 Å². The molecule has 19 heavy (non-hydrogen) atoms. The van der Waals surface area contributed by atoms with Gasteiger partial charge >= 0.3 is 0 Å². The molecule has 3 heteroatoms. The zero-order chi connectivity index (χ0) is 14.1. The summed E-state index contributed by atoms with van der Waals surface area (Å²) in [4.78, 5) is 0. The first-order valence-corrected chi connectivity index (χ1v) is 7.67. The molecule has 1 atom stereocenters. The molecule has 1 N–H and O–H groups in total. The standard InChI is InChI=1S/C16H26ClNO/c1-4-6-7-8-9-15(18-5-2)13-10-11-14(17)16(12-13)19-3/h10-12,15,18H,4-9H2,1-3H3. The number of methoxy groups -OCH3 is 1. The van der Waals surface area contributed by atoms with E-state index >= 15 is 0 Å². The molecule has 0 amide bonds. The predicted octanol–water partition coefficient (Wildman–Crippen LogP) is 4.97. The minimum Gasteiger partial charge on any atom is -0.495 e. The summed E-state index contributed by atoms with van der Waals surface area (Å²) >= 11 is 6.08. The Balaban J connectivity index is 2.68. The van der Waals surface area contributed by atoms with Crippen LogP contribution in [0.5, 0.6) is 5.75 Å². The van der Waals surface area contributed by atoms with Gasteiger partial charge in [0.05, 0.1) is 12.1 Å². The largest absolute Gasteiger partial charge is 0.495 e. The molecule has 0 heterocycles. The predicted molar refractivity (Wildman–Crippen MR) is 83.2 cm³/mol. The first-order chi connectivity index (χ1) is 9.22. The minimum absolute atomic E-state index is 0.396. The molecule has 108 valence electrons. The van der Waals surface area contributed by atoms with Crippen molar-refractivity contribution in [3.05, 3.63) is 28.8 Å². The molecule has 1 aromatic rings. The van der Waals surface area contributed by atoms with Crippen LogP contribution in [0.1, 0.15) is 57.6 Å². The van der Waals surface area contributed by atoms with Gasteiger partial charge in [-0.1, -0.05) is 57.2 Å². The second-order valence-electron chi connectivity index (χ2n) is 4.85. The minimum atomic E-state index is 0.396. The van der Waals surface area contributed by atoms with Crippen molar-refractivity contribution < 1.29 is 4.74 Å². The summed E-state index contributed by atoms with van der Waals surface area (Å²) in [6.45, 7) is 5.36. The monoisotopic (exact) mass is 283 g/mol. The van der Waals surface area contributed by atoms with Crippen molar-refractivity contribution in [1.29, 1.82) is 0 Å². The summed E-state index contributed by atoms with van der Waals surface area (Å²) in [6, 6.07) is 6.47. The first kappa shape index (κ1) is 16.3. The Kier molecular flexibility index (Phi) is 7.92. The lowest BCUT2D eigenvalue weighted by molar-refractivity contribution is 0.412. The van der Waals surface area contributed by atoms with Gasteiger partial charge in [0.1, 0.15) is 5.75 Å². The van der Waals surface area contributed by atoms with E-state index < -0.39 is 0 Å². The Bertz CT molecular complexity index is 368. The van der Waals surface area contributed by atoms with Crippen molar-refractivity contribution in [3.8, 4) is 5.75 Å². The van der Waals surface area contributed by atoms with Crippen LogP contribution >= 0.6 is 11.6 Å². The van der Waals surface area contributed by atoms with Crippen molar-refractivity contribution in [2.45, 2.75) is 52.0 Å². The highest BCUT2D eigenvalue weighted by atomic mass is 35.5. The third-order valence-corrected chi connectivity index (χ3v) is 3.69. The van der Waals surface area contributed by atoms with Gasteiger partial charge in [0.25, 0.3) is 0 Å². The number of unbranched alkanes of at least 4 members (excludes halogenated alkanes) is 3. The van der Waals surface area contributed by atoms with Crippen LogP contribution in [0.15, 0.2) is 18.2 Å². The maximum Gasteiger partial charge on any atom is 0.137 e. The van der Waals surface area contributed by atoms with Crippen molar-refractivity contribution in [3.63, 3.8) is 0 Å². The number of halogens is 1. The maximum absolute atomic E-state index is 6.08. The van der Waals surface area contributed by atoms with Gasteiger partial charge in [-0.2, -0.15) is 0 Å². The average Bonchev–Trinajstić information content (AvgIpc) is 2.43. The number of nitrogens with one attached hydrogen (secondary N) is 1. The number of ether oxygens (including phenoxy) is 1. The number of rotatable bonds is 9. The summed E-state index contributed by atoms with van der Waals surface area (Å²) in [5.41, 5.74) is 1.26. The van der Waals surface area contributed by atoms with Crippen molar-refractivity contribution in [1.82, 2.24) is 5.32 Å². The molecule has 0 fully saturated rings. The number of hydrogen-bond acceptors (Lipinski definition) is 2. The molecule has 0 saturated carbocycles. The highest BCUT2D eigenvalue weighted by Crippen LogP contribution is 2.29. The second kappa shape index (κ2) is 9.22. The number of benzene rings is 1. The van der Waals surface area contributed by atoms with Crippen LogP contribution in [-0.2, 0) is 0 Å². The molecular weight excluding hydrogens is 258 g/mol. The van der Waals surface area contributed by atoms with Crippen LogP contribution in [0, 0.1) is 0 Å². The van der Waals surface area contributed by atoms with Crippen LogP contribution in [0.3, 0.4) is 0 Å². The third kappa shape index (κ3) is 5.42. The van der Waals surface area contributed by atoms with E-state index in [0.717, 1.165) is 12.3 Å². The molecule has 2 nitrogen and oxygen atoms in total. The van der Waals surface area contributed by atoms with Crippen LogP contribution in [-0.4, -0.2) is 13.7 Å². The van der Waals surface area contributed by atoms with Crippen LogP contribution in [0.4, 0.5) is 0 Å². The first-order valence-electron chi connectivity index (χ1n) is 7.29. The van der Waals surface area contributed by atoms with E-state index in [0.29, 0.717) is 11.1 Å². The Morgan fingerprint density at radius 2 is 2.00 bits per heavy atom. The summed E-state index contributed by atoms with van der Waals surface area (Å²) in [6.07, 6.45) is 6.33. The molecule has 0 aliphatic rings. The van der Waals surface area contributed by atoms with Crippen molar-refractivity contribution >= 4 is 11.6 Å². The van der Waals surface area contributed by atoms with Gasteiger partial charge in [-0.05, 0) is 30.7 Å². The van der Waals surface area contributed by atoms with E-state index in [1.54, 1.807) is 7.11 Å². The molecule has 1 aromatic carbocycles. The lowest BCUT2D eigenvalue weighted by atomic mass is 9.99. The molecule has 0 spiro atoms. The van der Waals surface area contributed by atoms with Gasteiger partial charge in [0, 0.05) is 6.04 Å². The molecule has 0 aliphatic heterocycles. The molecule has 1 rings (SSSR count). The van der Waals surface area contributed by atoms with Gasteiger partial charge < -0.3 is 10.1 Å². The van der Waals surface area contributed by atoms with E-state index in [1.807, 2.05) is 6.07 Å². The third-order valence-electron chi connectivity index (χ3n) is 3.37.